The van der Waals surface area contributed by atoms with Crippen molar-refractivity contribution in [3.8, 4) is 0 Å². The molecule has 0 aromatic heterocycles. The summed E-state index contributed by atoms with van der Waals surface area (Å²) >= 11 is 0. The maximum absolute atomic E-state index is 10.0. The molecule has 1 unspecified atom stereocenters. The monoisotopic (exact) mass is 238 g/mol. The van der Waals surface area contributed by atoms with Crippen molar-refractivity contribution in [3.05, 3.63) is 34.4 Å². The van der Waals surface area contributed by atoms with E-state index in [-0.39, 0.29) is 0 Å². The van der Waals surface area contributed by atoms with Gasteiger partial charge in [-0.05, 0) is 37.5 Å². The molecule has 1 atom stereocenters. The predicted molar refractivity (Wildman–Crippen MR) is 68.2 cm³/mol. The Bertz CT molecular complexity index is 347. The molecule has 0 heterocycles. The molecule has 1 N–H and O–H groups in total. The molecule has 96 valence electrons. The SMILES string of the molecule is COC(OC)C(O)Cc1c(C)cc(C)cc1C. The van der Waals surface area contributed by atoms with E-state index < -0.39 is 12.4 Å². The van der Waals surface area contributed by atoms with Crippen LogP contribution in [0.2, 0.25) is 0 Å². The van der Waals surface area contributed by atoms with E-state index in [1.54, 1.807) is 0 Å². The number of aryl methyl sites for hydroxylation is 3. The zero-order valence-corrected chi connectivity index (χ0v) is 11.3. The van der Waals surface area contributed by atoms with Crippen molar-refractivity contribution in [1.82, 2.24) is 0 Å². The summed E-state index contributed by atoms with van der Waals surface area (Å²) in [6.07, 6.45) is -0.676. The fourth-order valence-electron chi connectivity index (χ4n) is 2.25. The highest BCUT2D eigenvalue weighted by atomic mass is 16.7. The van der Waals surface area contributed by atoms with E-state index in [0.29, 0.717) is 6.42 Å². The molecule has 0 spiro atoms. The lowest BCUT2D eigenvalue weighted by Gasteiger charge is -2.21. The topological polar surface area (TPSA) is 38.7 Å². The Labute approximate surface area is 103 Å². The van der Waals surface area contributed by atoms with Gasteiger partial charge in [0.1, 0.15) is 6.10 Å². The van der Waals surface area contributed by atoms with Crippen molar-refractivity contribution >= 4 is 0 Å². The van der Waals surface area contributed by atoms with Crippen LogP contribution in [0.5, 0.6) is 0 Å². The molecular weight excluding hydrogens is 216 g/mol. The summed E-state index contributed by atoms with van der Waals surface area (Å²) in [5, 5.41) is 10.0. The smallest absolute Gasteiger partial charge is 0.183 e. The van der Waals surface area contributed by atoms with Gasteiger partial charge in [0.25, 0.3) is 0 Å². The van der Waals surface area contributed by atoms with Crippen molar-refractivity contribution in [2.45, 2.75) is 39.6 Å². The normalized spacial score (nSPS) is 13.1. The molecular formula is C14H22O3. The van der Waals surface area contributed by atoms with Crippen LogP contribution >= 0.6 is 0 Å². The van der Waals surface area contributed by atoms with Crippen LogP contribution in [-0.4, -0.2) is 31.7 Å². The second-order valence-corrected chi connectivity index (χ2v) is 4.49. The highest BCUT2D eigenvalue weighted by Crippen LogP contribution is 2.19. The van der Waals surface area contributed by atoms with E-state index in [0.717, 1.165) is 0 Å². The minimum absolute atomic E-state index is 0.546. The molecule has 0 bridgehead atoms. The number of hydrogen-bond donors (Lipinski definition) is 1. The van der Waals surface area contributed by atoms with Crippen LogP contribution in [0.25, 0.3) is 0 Å². The van der Waals surface area contributed by atoms with Crippen LogP contribution in [0.4, 0.5) is 0 Å². The summed E-state index contributed by atoms with van der Waals surface area (Å²) < 4.78 is 10.1. The Morgan fingerprint density at radius 2 is 1.53 bits per heavy atom. The molecule has 3 nitrogen and oxygen atoms in total. The molecule has 3 heteroatoms. The molecule has 0 saturated carbocycles. The lowest BCUT2D eigenvalue weighted by Crippen LogP contribution is -2.32. The van der Waals surface area contributed by atoms with E-state index in [1.807, 2.05) is 0 Å². The third-order valence-electron chi connectivity index (χ3n) is 3.03. The highest BCUT2D eigenvalue weighted by Gasteiger charge is 2.20. The molecule has 1 rings (SSSR count). The van der Waals surface area contributed by atoms with Gasteiger partial charge in [0, 0.05) is 20.6 Å². The standard InChI is InChI=1S/C14H22O3/c1-9-6-10(2)12(11(3)7-9)8-13(15)14(16-4)17-5/h6-7,13-15H,8H2,1-5H3. The van der Waals surface area contributed by atoms with Gasteiger partial charge in [-0.3, -0.25) is 0 Å². The lowest BCUT2D eigenvalue weighted by atomic mass is 9.95. The van der Waals surface area contributed by atoms with E-state index in [1.165, 1.54) is 36.5 Å². The fraction of sp³-hybridized carbons (Fsp3) is 0.571. The summed E-state index contributed by atoms with van der Waals surface area (Å²) in [5.41, 5.74) is 4.82. The van der Waals surface area contributed by atoms with Crippen LogP contribution in [0.3, 0.4) is 0 Å². The maximum Gasteiger partial charge on any atom is 0.183 e. The average molecular weight is 238 g/mol. The van der Waals surface area contributed by atoms with Gasteiger partial charge >= 0.3 is 0 Å². The van der Waals surface area contributed by atoms with E-state index in [2.05, 4.69) is 32.9 Å². The van der Waals surface area contributed by atoms with Crippen molar-refractivity contribution in [2.24, 2.45) is 0 Å². The number of rotatable bonds is 5. The largest absolute Gasteiger partial charge is 0.387 e. The van der Waals surface area contributed by atoms with Gasteiger partial charge in [-0.2, -0.15) is 0 Å². The highest BCUT2D eigenvalue weighted by molar-refractivity contribution is 5.37. The van der Waals surface area contributed by atoms with Gasteiger partial charge in [0.2, 0.25) is 0 Å². The molecule has 1 aromatic rings. The Morgan fingerprint density at radius 3 is 1.94 bits per heavy atom. The van der Waals surface area contributed by atoms with E-state index >= 15 is 0 Å². The molecule has 0 aliphatic carbocycles. The van der Waals surface area contributed by atoms with Crippen LogP contribution in [0, 0.1) is 20.8 Å². The van der Waals surface area contributed by atoms with Crippen molar-refractivity contribution in [3.63, 3.8) is 0 Å². The van der Waals surface area contributed by atoms with Crippen molar-refractivity contribution in [2.75, 3.05) is 14.2 Å². The Balaban J connectivity index is 2.88. The minimum Gasteiger partial charge on any atom is -0.387 e. The number of aliphatic hydroxyl groups excluding tert-OH is 1. The minimum atomic E-state index is -0.648. The summed E-state index contributed by atoms with van der Waals surface area (Å²) in [4.78, 5) is 0. The van der Waals surface area contributed by atoms with Crippen LogP contribution < -0.4 is 0 Å². The first-order chi connectivity index (χ1) is 7.99. The Hall–Kier alpha value is -0.900. The van der Waals surface area contributed by atoms with Gasteiger partial charge in [-0.15, -0.1) is 0 Å². The molecule has 17 heavy (non-hydrogen) atoms. The third kappa shape index (κ3) is 3.53. The molecule has 0 aliphatic rings. The van der Waals surface area contributed by atoms with Crippen LogP contribution in [-0.2, 0) is 15.9 Å². The summed E-state index contributed by atoms with van der Waals surface area (Å²) in [7, 11) is 3.07. The summed E-state index contributed by atoms with van der Waals surface area (Å²) in [6, 6.07) is 4.26. The second kappa shape index (κ2) is 6.15. The second-order valence-electron chi connectivity index (χ2n) is 4.49. The molecule has 0 amide bonds. The molecule has 0 saturated heterocycles. The predicted octanol–water partition coefficient (Wildman–Crippen LogP) is 2.13. The van der Waals surface area contributed by atoms with E-state index in [4.69, 9.17) is 9.47 Å². The quantitative estimate of drug-likeness (QED) is 0.799. The van der Waals surface area contributed by atoms with Crippen LogP contribution in [0.15, 0.2) is 12.1 Å². The van der Waals surface area contributed by atoms with Gasteiger partial charge in [0.15, 0.2) is 6.29 Å². The molecule has 1 aromatic carbocycles. The van der Waals surface area contributed by atoms with E-state index in [9.17, 15) is 5.11 Å². The lowest BCUT2D eigenvalue weighted by molar-refractivity contribution is -0.163. The summed E-state index contributed by atoms with van der Waals surface area (Å²) in [5.74, 6) is 0. The Kier molecular flexibility index (Phi) is 5.12. The van der Waals surface area contributed by atoms with Gasteiger partial charge < -0.3 is 14.6 Å². The summed E-state index contributed by atoms with van der Waals surface area (Å²) in [6.45, 7) is 6.21. The number of benzene rings is 1. The average Bonchev–Trinajstić information content (AvgIpc) is 2.25. The van der Waals surface area contributed by atoms with Gasteiger partial charge in [-0.25, -0.2) is 0 Å². The zero-order chi connectivity index (χ0) is 13.0. The number of aliphatic hydroxyl groups is 1. The third-order valence-corrected chi connectivity index (χ3v) is 3.03. The van der Waals surface area contributed by atoms with Crippen LogP contribution in [0.1, 0.15) is 22.3 Å². The number of hydrogen-bond acceptors (Lipinski definition) is 3. The fourth-order valence-corrected chi connectivity index (χ4v) is 2.25. The first kappa shape index (κ1) is 14.2. The molecule has 0 radical (unpaired) electrons. The number of ether oxygens (including phenoxy) is 2. The van der Waals surface area contributed by atoms with Gasteiger partial charge in [-0.1, -0.05) is 17.7 Å². The Morgan fingerprint density at radius 1 is 1.06 bits per heavy atom. The van der Waals surface area contributed by atoms with Crippen molar-refractivity contribution < 1.29 is 14.6 Å². The zero-order valence-electron chi connectivity index (χ0n) is 11.3. The van der Waals surface area contributed by atoms with Gasteiger partial charge in [0.05, 0.1) is 0 Å². The molecule has 0 fully saturated rings. The maximum atomic E-state index is 10.0. The molecule has 0 aliphatic heterocycles. The first-order valence-corrected chi connectivity index (χ1v) is 5.80. The first-order valence-electron chi connectivity index (χ1n) is 5.80. The number of methoxy groups -OCH3 is 2. The van der Waals surface area contributed by atoms with Crippen molar-refractivity contribution in [1.29, 1.82) is 0 Å².